The summed E-state index contributed by atoms with van der Waals surface area (Å²) < 4.78 is 31.2. The number of carbonyl (C=O) groups excluding carboxylic acids is 1. The number of terminal acetylenes is 1. The lowest BCUT2D eigenvalue weighted by molar-refractivity contribution is 0.256. The highest BCUT2D eigenvalue weighted by atomic mass is 32.2. The zero-order valence-corrected chi connectivity index (χ0v) is 13.7. The van der Waals surface area contributed by atoms with Crippen LogP contribution in [0.25, 0.3) is 0 Å². The van der Waals surface area contributed by atoms with E-state index in [2.05, 4.69) is 21.2 Å². The molecular formula is C15H14N4O4S. The van der Waals surface area contributed by atoms with Gasteiger partial charge in [0.2, 0.25) is 11.8 Å². The summed E-state index contributed by atoms with van der Waals surface area (Å²) in [6.07, 6.45) is 5.23. The van der Waals surface area contributed by atoms with Crippen LogP contribution in [0.4, 0.5) is 10.7 Å². The molecule has 0 aliphatic carbocycles. The van der Waals surface area contributed by atoms with Crippen molar-refractivity contribution in [1.82, 2.24) is 14.7 Å². The Kier molecular flexibility index (Phi) is 5.01. The maximum absolute atomic E-state index is 12.2. The van der Waals surface area contributed by atoms with Crippen LogP contribution in [0.5, 0.6) is 5.88 Å². The van der Waals surface area contributed by atoms with E-state index in [0.29, 0.717) is 11.3 Å². The number of nitrogens with one attached hydrogen (secondary N) is 2. The Morgan fingerprint density at radius 1 is 1.29 bits per heavy atom. The van der Waals surface area contributed by atoms with E-state index in [9.17, 15) is 13.2 Å². The van der Waals surface area contributed by atoms with Gasteiger partial charge < -0.3 is 4.74 Å². The van der Waals surface area contributed by atoms with Gasteiger partial charge in [0, 0.05) is 17.3 Å². The van der Waals surface area contributed by atoms with Crippen molar-refractivity contribution < 1.29 is 17.9 Å². The standard InChI is InChI=1S/C15H14N4O4S/c1-4-11-6-5-7-12(9-11)24(21,22)19-15(20)18-14-16-10(2)8-13(17-14)23-3/h1,5-9H,2-3H3,(H2,16,17,18,19,20). The number of aromatic nitrogens is 2. The van der Waals surface area contributed by atoms with Gasteiger partial charge in [0.1, 0.15) is 0 Å². The second-order valence-corrected chi connectivity index (χ2v) is 6.29. The fraction of sp³-hybridized carbons (Fsp3) is 0.133. The molecule has 2 amide bonds. The lowest BCUT2D eigenvalue weighted by atomic mass is 10.2. The zero-order chi connectivity index (χ0) is 17.7. The van der Waals surface area contributed by atoms with E-state index < -0.39 is 16.1 Å². The van der Waals surface area contributed by atoms with Crippen molar-refractivity contribution in [1.29, 1.82) is 0 Å². The third-order valence-electron chi connectivity index (χ3n) is 2.80. The van der Waals surface area contributed by atoms with Gasteiger partial charge in [-0.15, -0.1) is 6.42 Å². The minimum atomic E-state index is -4.08. The molecule has 8 nitrogen and oxygen atoms in total. The number of anilines is 1. The Balaban J connectivity index is 2.16. The van der Waals surface area contributed by atoms with Crippen molar-refractivity contribution in [2.24, 2.45) is 0 Å². The zero-order valence-electron chi connectivity index (χ0n) is 12.9. The first-order valence-corrected chi connectivity index (χ1v) is 8.12. The first kappa shape index (κ1) is 17.2. The van der Waals surface area contributed by atoms with E-state index in [-0.39, 0.29) is 16.7 Å². The number of urea groups is 1. The maximum Gasteiger partial charge on any atom is 0.335 e. The van der Waals surface area contributed by atoms with Crippen molar-refractivity contribution in [3.63, 3.8) is 0 Å². The van der Waals surface area contributed by atoms with Crippen molar-refractivity contribution in [3.05, 3.63) is 41.6 Å². The summed E-state index contributed by atoms with van der Waals surface area (Å²) in [6.45, 7) is 1.68. The molecule has 0 unspecified atom stereocenters. The molecule has 2 N–H and O–H groups in total. The number of ether oxygens (including phenoxy) is 1. The lowest BCUT2D eigenvalue weighted by Crippen LogP contribution is -2.35. The van der Waals surface area contributed by atoms with E-state index in [1.165, 1.54) is 25.3 Å². The maximum atomic E-state index is 12.2. The smallest absolute Gasteiger partial charge is 0.335 e. The summed E-state index contributed by atoms with van der Waals surface area (Å²) in [4.78, 5) is 19.6. The third-order valence-corrected chi connectivity index (χ3v) is 4.13. The fourth-order valence-corrected chi connectivity index (χ4v) is 2.71. The predicted octanol–water partition coefficient (Wildman–Crippen LogP) is 1.29. The highest BCUT2D eigenvalue weighted by Crippen LogP contribution is 2.13. The Hall–Kier alpha value is -3.12. The van der Waals surface area contributed by atoms with Gasteiger partial charge >= 0.3 is 6.03 Å². The van der Waals surface area contributed by atoms with Crippen LogP contribution in [-0.4, -0.2) is 31.5 Å². The number of aryl methyl sites for hydroxylation is 1. The highest BCUT2D eigenvalue weighted by Gasteiger charge is 2.18. The number of rotatable bonds is 4. The molecule has 2 aromatic rings. The van der Waals surface area contributed by atoms with Gasteiger partial charge in [-0.1, -0.05) is 12.0 Å². The highest BCUT2D eigenvalue weighted by molar-refractivity contribution is 7.90. The summed E-state index contributed by atoms with van der Waals surface area (Å²) >= 11 is 0. The van der Waals surface area contributed by atoms with Crippen LogP contribution in [-0.2, 0) is 10.0 Å². The van der Waals surface area contributed by atoms with E-state index in [1.807, 2.05) is 4.72 Å². The molecule has 0 radical (unpaired) electrons. The number of carbonyl (C=O) groups is 1. The van der Waals surface area contributed by atoms with E-state index >= 15 is 0 Å². The minimum absolute atomic E-state index is 0.0862. The molecule has 1 aromatic carbocycles. The molecule has 0 aliphatic rings. The molecule has 9 heteroatoms. The van der Waals surface area contributed by atoms with Gasteiger partial charge in [-0.25, -0.2) is 22.9 Å². The van der Waals surface area contributed by atoms with Crippen LogP contribution in [0.2, 0.25) is 0 Å². The number of benzene rings is 1. The lowest BCUT2D eigenvalue weighted by Gasteiger charge is -2.09. The summed E-state index contributed by atoms with van der Waals surface area (Å²) in [6, 6.07) is 6.21. The quantitative estimate of drug-likeness (QED) is 0.807. The average molecular weight is 346 g/mol. The van der Waals surface area contributed by atoms with Crippen LogP contribution in [0, 0.1) is 19.3 Å². The monoisotopic (exact) mass is 346 g/mol. The van der Waals surface area contributed by atoms with E-state index in [1.54, 1.807) is 19.1 Å². The Morgan fingerprint density at radius 3 is 2.71 bits per heavy atom. The molecule has 0 atom stereocenters. The average Bonchev–Trinajstić information content (AvgIpc) is 2.53. The molecule has 24 heavy (non-hydrogen) atoms. The van der Waals surface area contributed by atoms with Crippen LogP contribution < -0.4 is 14.8 Å². The van der Waals surface area contributed by atoms with Crippen molar-refractivity contribution >= 4 is 22.0 Å². The summed E-state index contributed by atoms with van der Waals surface area (Å²) in [5.41, 5.74) is 0.923. The normalized spacial score (nSPS) is 10.5. The number of methoxy groups -OCH3 is 1. The molecule has 0 spiro atoms. The molecule has 124 valence electrons. The Labute approximate surface area is 139 Å². The van der Waals surface area contributed by atoms with Crippen molar-refractivity contribution in [3.8, 4) is 18.2 Å². The van der Waals surface area contributed by atoms with Gasteiger partial charge in [-0.05, 0) is 25.1 Å². The minimum Gasteiger partial charge on any atom is -0.481 e. The summed E-state index contributed by atoms with van der Waals surface area (Å²) in [5, 5.41) is 2.24. The van der Waals surface area contributed by atoms with Crippen LogP contribution in [0.1, 0.15) is 11.3 Å². The predicted molar refractivity (Wildman–Crippen MR) is 87.0 cm³/mol. The summed E-state index contributed by atoms with van der Waals surface area (Å²) in [7, 11) is -2.67. The fourth-order valence-electron chi connectivity index (χ4n) is 1.76. The molecule has 0 saturated carbocycles. The van der Waals surface area contributed by atoms with Gasteiger partial charge in [0.15, 0.2) is 0 Å². The second kappa shape index (κ2) is 6.97. The largest absolute Gasteiger partial charge is 0.481 e. The molecule has 0 bridgehead atoms. The molecule has 2 rings (SSSR count). The molecular weight excluding hydrogens is 332 g/mol. The first-order valence-electron chi connectivity index (χ1n) is 6.64. The van der Waals surface area contributed by atoms with E-state index in [4.69, 9.17) is 11.2 Å². The van der Waals surface area contributed by atoms with Gasteiger partial charge in [-0.2, -0.15) is 4.98 Å². The van der Waals surface area contributed by atoms with Gasteiger partial charge in [0.25, 0.3) is 10.0 Å². The van der Waals surface area contributed by atoms with Crippen LogP contribution >= 0.6 is 0 Å². The van der Waals surface area contributed by atoms with E-state index in [0.717, 1.165) is 0 Å². The topological polar surface area (TPSA) is 110 Å². The Bertz CT molecular complexity index is 919. The molecule has 1 aromatic heterocycles. The van der Waals surface area contributed by atoms with Gasteiger partial charge in [-0.3, -0.25) is 5.32 Å². The summed E-state index contributed by atoms with van der Waals surface area (Å²) in [5.74, 6) is 2.48. The van der Waals surface area contributed by atoms with Gasteiger partial charge in [0.05, 0.1) is 12.0 Å². The van der Waals surface area contributed by atoms with Crippen molar-refractivity contribution in [2.45, 2.75) is 11.8 Å². The Morgan fingerprint density at radius 2 is 2.04 bits per heavy atom. The second-order valence-electron chi connectivity index (χ2n) is 4.61. The number of hydrogen-bond donors (Lipinski definition) is 2. The SMILES string of the molecule is C#Cc1cccc(S(=O)(=O)NC(=O)Nc2nc(C)cc(OC)n2)c1. The molecule has 1 heterocycles. The van der Waals surface area contributed by atoms with Crippen LogP contribution in [0.3, 0.4) is 0 Å². The molecule has 0 aliphatic heterocycles. The van der Waals surface area contributed by atoms with Crippen LogP contribution in [0.15, 0.2) is 35.2 Å². The third kappa shape index (κ3) is 4.21. The number of amides is 2. The number of hydrogen-bond acceptors (Lipinski definition) is 6. The molecule has 0 fully saturated rings. The number of sulfonamides is 1. The van der Waals surface area contributed by atoms with Crippen molar-refractivity contribution in [2.75, 3.05) is 12.4 Å². The molecule has 0 saturated heterocycles. The number of nitrogens with zero attached hydrogens (tertiary/aromatic N) is 2. The first-order chi connectivity index (χ1) is 11.3.